The maximum Gasteiger partial charge on any atom is 0.326 e. The van der Waals surface area contributed by atoms with Crippen molar-refractivity contribution in [3.63, 3.8) is 0 Å². The molecule has 4 rings (SSSR count). The highest BCUT2D eigenvalue weighted by molar-refractivity contribution is 7.98. The first-order chi connectivity index (χ1) is 16.9. The van der Waals surface area contributed by atoms with E-state index in [0.717, 1.165) is 21.8 Å². The van der Waals surface area contributed by atoms with Crippen molar-refractivity contribution in [1.29, 1.82) is 5.26 Å². The quantitative estimate of drug-likeness (QED) is 0.361. The Labute approximate surface area is 207 Å². The zero-order chi connectivity index (χ0) is 25.1. The fourth-order valence-electron chi connectivity index (χ4n) is 4.05. The zero-order valence-electron chi connectivity index (χ0n) is 19.3. The van der Waals surface area contributed by atoms with E-state index in [2.05, 4.69) is 10.4 Å². The number of carbonyl (C=O) groups excluding carboxylic acids is 2. The highest BCUT2D eigenvalue weighted by atomic mass is 32.2. The van der Waals surface area contributed by atoms with Crippen molar-refractivity contribution in [3.8, 4) is 23.0 Å². The molecule has 0 fully saturated rings. The maximum atomic E-state index is 13.5. The van der Waals surface area contributed by atoms with Gasteiger partial charge in [-0.2, -0.15) is 10.4 Å². The minimum Gasteiger partial charge on any atom is -0.480 e. The van der Waals surface area contributed by atoms with Crippen molar-refractivity contribution in [1.82, 2.24) is 15.1 Å². The van der Waals surface area contributed by atoms with Gasteiger partial charge < -0.3 is 10.4 Å². The summed E-state index contributed by atoms with van der Waals surface area (Å²) >= 11 is 1.55. The number of carboxylic acid groups (broad SMARTS) is 1. The molecule has 1 unspecified atom stereocenters. The minimum atomic E-state index is -1.72. The summed E-state index contributed by atoms with van der Waals surface area (Å²) in [4.78, 5) is 39.1. The van der Waals surface area contributed by atoms with Crippen LogP contribution in [-0.2, 0) is 15.3 Å². The van der Waals surface area contributed by atoms with Gasteiger partial charge in [0.25, 0.3) is 0 Å². The summed E-state index contributed by atoms with van der Waals surface area (Å²) in [5.74, 6) is -4.53. The molecule has 0 radical (unpaired) electrons. The molecule has 0 saturated carbocycles. The number of nitriles is 1. The number of aliphatic carboxylic acids is 1. The SMILES string of the molecule is CC[C@H](C)[C@H](NC(=O)C(C#N)C(=O)c1nn(-c2ccccc2)c2c1CSc1ccccc1-2)C(=O)O. The number of amides is 1. The standard InChI is InChI=1S/C26H24N4O4S/c1-3-15(2)21(26(33)34)28-25(32)18(13-27)24(31)22-19-14-35-20-12-8-7-11-17(20)23(19)30(29-22)16-9-5-4-6-10-16/h4-12,15,18,21H,3,14H2,1-2H3,(H,28,32)(H,33,34)/t15-,18?,21-/m0/s1. The van der Waals surface area contributed by atoms with Crippen LogP contribution in [0.15, 0.2) is 59.5 Å². The summed E-state index contributed by atoms with van der Waals surface area (Å²) < 4.78 is 1.67. The van der Waals surface area contributed by atoms with Gasteiger partial charge in [-0.3, -0.25) is 9.59 Å². The summed E-state index contributed by atoms with van der Waals surface area (Å²) in [7, 11) is 0. The van der Waals surface area contributed by atoms with E-state index in [0.29, 0.717) is 17.7 Å². The third-order valence-corrected chi connectivity index (χ3v) is 7.26. The molecule has 8 nitrogen and oxygen atoms in total. The number of carbonyl (C=O) groups is 3. The Morgan fingerprint density at radius 2 is 1.86 bits per heavy atom. The van der Waals surface area contributed by atoms with Crippen LogP contribution in [0.25, 0.3) is 16.9 Å². The van der Waals surface area contributed by atoms with Gasteiger partial charge in [-0.15, -0.1) is 11.8 Å². The molecule has 35 heavy (non-hydrogen) atoms. The number of para-hydroxylation sites is 1. The molecule has 178 valence electrons. The number of nitrogens with one attached hydrogen (secondary N) is 1. The Balaban J connectivity index is 1.77. The van der Waals surface area contributed by atoms with E-state index >= 15 is 0 Å². The molecule has 2 aromatic carbocycles. The third kappa shape index (κ3) is 4.57. The molecule has 0 saturated heterocycles. The molecule has 0 bridgehead atoms. The molecule has 0 spiro atoms. The molecule has 3 atom stereocenters. The smallest absolute Gasteiger partial charge is 0.326 e. The summed E-state index contributed by atoms with van der Waals surface area (Å²) in [6, 6.07) is 17.7. The van der Waals surface area contributed by atoms with E-state index in [4.69, 9.17) is 0 Å². The second kappa shape index (κ2) is 10.2. The summed E-state index contributed by atoms with van der Waals surface area (Å²) in [6.07, 6.45) is 0.508. The van der Waals surface area contributed by atoms with E-state index in [1.54, 1.807) is 36.4 Å². The first kappa shape index (κ1) is 24.2. The van der Waals surface area contributed by atoms with Gasteiger partial charge in [0.2, 0.25) is 11.7 Å². The number of benzene rings is 2. The predicted octanol–water partition coefficient (Wildman–Crippen LogP) is 4.08. The molecule has 2 N–H and O–H groups in total. The van der Waals surface area contributed by atoms with Crippen molar-refractivity contribution in [3.05, 3.63) is 65.9 Å². The predicted molar refractivity (Wildman–Crippen MR) is 131 cm³/mol. The van der Waals surface area contributed by atoms with Gasteiger partial charge in [-0.25, -0.2) is 9.48 Å². The Morgan fingerprint density at radius 3 is 2.51 bits per heavy atom. The molecule has 1 aliphatic heterocycles. The molecular formula is C26H24N4O4S. The van der Waals surface area contributed by atoms with Crippen LogP contribution in [0, 0.1) is 23.2 Å². The van der Waals surface area contributed by atoms with E-state index in [1.165, 1.54) is 0 Å². The van der Waals surface area contributed by atoms with Gasteiger partial charge in [0.15, 0.2) is 5.92 Å². The summed E-state index contributed by atoms with van der Waals surface area (Å²) in [5.41, 5.74) is 3.09. The van der Waals surface area contributed by atoms with Gasteiger partial charge in [0, 0.05) is 21.8 Å². The van der Waals surface area contributed by atoms with Crippen LogP contribution in [0.1, 0.15) is 36.3 Å². The number of rotatable bonds is 8. The normalized spacial score (nSPS) is 14.5. The van der Waals surface area contributed by atoms with E-state index in [-0.39, 0.29) is 11.6 Å². The number of fused-ring (bicyclic) bond motifs is 3. The van der Waals surface area contributed by atoms with Crippen molar-refractivity contribution in [2.75, 3.05) is 0 Å². The van der Waals surface area contributed by atoms with Gasteiger partial charge >= 0.3 is 5.97 Å². The first-order valence-electron chi connectivity index (χ1n) is 11.2. The Bertz CT molecular complexity index is 1330. The fraction of sp³-hybridized carbons (Fsp3) is 0.269. The van der Waals surface area contributed by atoms with Crippen molar-refractivity contribution >= 4 is 29.4 Å². The van der Waals surface area contributed by atoms with Gasteiger partial charge in [0.05, 0.1) is 17.5 Å². The first-order valence-corrected chi connectivity index (χ1v) is 12.2. The summed E-state index contributed by atoms with van der Waals surface area (Å²) in [6.45, 7) is 3.49. The number of Topliss-reactive ketones (excluding diaryl/α,β-unsaturated/α-hetero) is 1. The fourth-order valence-corrected chi connectivity index (χ4v) is 5.12. The molecule has 2 heterocycles. The Hall–Kier alpha value is -3.90. The van der Waals surface area contributed by atoms with Crippen LogP contribution < -0.4 is 5.32 Å². The third-order valence-electron chi connectivity index (χ3n) is 6.16. The molecule has 9 heteroatoms. The van der Waals surface area contributed by atoms with Crippen molar-refractivity contribution in [2.24, 2.45) is 11.8 Å². The molecule has 1 amide bonds. The average molecular weight is 489 g/mol. The largest absolute Gasteiger partial charge is 0.480 e. The van der Waals surface area contributed by atoms with Crippen LogP contribution in [0.3, 0.4) is 0 Å². The minimum absolute atomic E-state index is 0.0444. The zero-order valence-corrected chi connectivity index (χ0v) is 20.1. The number of aromatic nitrogens is 2. The summed E-state index contributed by atoms with van der Waals surface area (Å²) in [5, 5.41) is 26.2. The van der Waals surface area contributed by atoms with E-state index in [1.807, 2.05) is 54.6 Å². The van der Waals surface area contributed by atoms with Crippen molar-refractivity contribution < 1.29 is 19.5 Å². The molecule has 3 aromatic rings. The lowest BCUT2D eigenvalue weighted by Gasteiger charge is -2.21. The Kier molecular flexibility index (Phi) is 7.03. The van der Waals surface area contributed by atoms with Crippen LogP contribution >= 0.6 is 11.8 Å². The number of hydrogen-bond donors (Lipinski definition) is 2. The van der Waals surface area contributed by atoms with Crippen LogP contribution in [0.5, 0.6) is 0 Å². The number of thioether (sulfide) groups is 1. The number of carboxylic acids is 1. The Morgan fingerprint density at radius 1 is 1.17 bits per heavy atom. The van der Waals surface area contributed by atoms with Crippen LogP contribution in [-0.4, -0.2) is 38.6 Å². The lowest BCUT2D eigenvalue weighted by molar-refractivity contribution is -0.143. The molecule has 0 aliphatic carbocycles. The number of ketones is 1. The number of hydrogen-bond acceptors (Lipinski definition) is 6. The topological polar surface area (TPSA) is 125 Å². The maximum absolute atomic E-state index is 13.5. The van der Waals surface area contributed by atoms with Crippen LogP contribution in [0.4, 0.5) is 0 Å². The second-order valence-corrected chi connectivity index (χ2v) is 9.36. The lowest BCUT2D eigenvalue weighted by Crippen LogP contribution is -2.48. The van der Waals surface area contributed by atoms with E-state index < -0.39 is 29.6 Å². The molecular weight excluding hydrogens is 464 g/mol. The van der Waals surface area contributed by atoms with E-state index in [9.17, 15) is 24.8 Å². The van der Waals surface area contributed by atoms with Gasteiger partial charge in [0.1, 0.15) is 11.7 Å². The molecule has 1 aromatic heterocycles. The van der Waals surface area contributed by atoms with Crippen LogP contribution in [0.2, 0.25) is 0 Å². The average Bonchev–Trinajstić information content (AvgIpc) is 3.28. The highest BCUT2D eigenvalue weighted by Crippen LogP contribution is 2.43. The highest BCUT2D eigenvalue weighted by Gasteiger charge is 2.37. The van der Waals surface area contributed by atoms with Crippen molar-refractivity contribution in [2.45, 2.75) is 37.0 Å². The lowest BCUT2D eigenvalue weighted by atomic mass is 9.95. The molecule has 1 aliphatic rings. The number of nitrogens with zero attached hydrogens (tertiary/aromatic N) is 3. The van der Waals surface area contributed by atoms with Gasteiger partial charge in [-0.05, 0) is 24.1 Å². The second-order valence-electron chi connectivity index (χ2n) is 8.34. The monoisotopic (exact) mass is 488 g/mol. The van der Waals surface area contributed by atoms with Gasteiger partial charge in [-0.1, -0.05) is 56.7 Å².